The molecule has 2 heterocycles. The number of aryl methyl sites for hydroxylation is 1. The summed E-state index contributed by atoms with van der Waals surface area (Å²) >= 11 is 11.8. The van der Waals surface area contributed by atoms with Gasteiger partial charge in [0.1, 0.15) is 5.69 Å². The van der Waals surface area contributed by atoms with Crippen LogP contribution in [-0.2, 0) is 4.79 Å². The second-order valence-corrected chi connectivity index (χ2v) is 6.54. The van der Waals surface area contributed by atoms with Crippen LogP contribution in [0, 0.1) is 18.8 Å². The van der Waals surface area contributed by atoms with E-state index in [1.54, 1.807) is 6.92 Å². The molecule has 1 aromatic heterocycles. The van der Waals surface area contributed by atoms with Crippen LogP contribution in [0.1, 0.15) is 16.2 Å². The van der Waals surface area contributed by atoms with Crippen molar-refractivity contribution < 1.29 is 22.8 Å². The van der Waals surface area contributed by atoms with Gasteiger partial charge in [-0.15, -0.1) is 0 Å². The average Bonchev–Trinajstić information content (AvgIpc) is 2.82. The number of H-pyrrole nitrogens is 1. The zero-order chi connectivity index (χ0) is 17.1. The Labute approximate surface area is 139 Å². The number of rotatable bonds is 2. The minimum atomic E-state index is -4.86. The van der Waals surface area contributed by atoms with E-state index in [1.807, 2.05) is 0 Å². The zero-order valence-corrected chi connectivity index (χ0v) is 13.3. The second kappa shape index (κ2) is 5.31. The third-order valence-corrected chi connectivity index (χ3v) is 5.25. The van der Waals surface area contributed by atoms with Crippen molar-refractivity contribution in [2.24, 2.45) is 11.8 Å². The third kappa shape index (κ3) is 2.78. The van der Waals surface area contributed by atoms with Crippen LogP contribution < -0.4 is 5.32 Å². The first-order valence-corrected chi connectivity index (χ1v) is 7.57. The number of carbonyl (C=O) groups is 2. The van der Waals surface area contributed by atoms with Gasteiger partial charge < -0.3 is 15.2 Å². The number of alkyl halides is 3. The summed E-state index contributed by atoms with van der Waals surface area (Å²) in [5, 5.41) is 3.09. The summed E-state index contributed by atoms with van der Waals surface area (Å²) < 4.78 is 37.1. The standard InChI is InChI=1S/C13H12Cl2F3N3O2/c1-4-7(14)8(15)10(19-4)11(22)20-9-5-2-21(3-6(5)9)12(23)13(16,17)18/h5-6,9,19H,2-3H2,1H3,(H,20,22)/t5-,6+,9-. The number of nitrogens with zero attached hydrogens (tertiary/aromatic N) is 1. The molecule has 0 bridgehead atoms. The van der Waals surface area contributed by atoms with Crippen molar-refractivity contribution in [2.75, 3.05) is 13.1 Å². The molecule has 1 saturated heterocycles. The molecule has 0 aromatic carbocycles. The lowest BCUT2D eigenvalue weighted by atomic mass is 10.3. The molecule has 23 heavy (non-hydrogen) atoms. The van der Waals surface area contributed by atoms with Crippen LogP contribution in [0.2, 0.25) is 10.0 Å². The highest BCUT2D eigenvalue weighted by Gasteiger charge is 2.60. The van der Waals surface area contributed by atoms with Crippen LogP contribution in [0.15, 0.2) is 0 Å². The number of piperidine rings is 1. The van der Waals surface area contributed by atoms with Crippen molar-refractivity contribution in [1.82, 2.24) is 15.2 Å². The van der Waals surface area contributed by atoms with Gasteiger partial charge in [0, 0.05) is 36.7 Å². The molecule has 3 rings (SSSR count). The molecule has 1 saturated carbocycles. The van der Waals surface area contributed by atoms with Crippen LogP contribution in [0.3, 0.4) is 0 Å². The number of nitrogens with one attached hydrogen (secondary N) is 2. The number of amides is 2. The fraction of sp³-hybridized carbons (Fsp3) is 0.538. The highest BCUT2D eigenvalue weighted by atomic mass is 35.5. The van der Waals surface area contributed by atoms with Gasteiger partial charge in [0.2, 0.25) is 0 Å². The van der Waals surface area contributed by atoms with Crippen LogP contribution in [0.25, 0.3) is 0 Å². The van der Waals surface area contributed by atoms with E-state index in [4.69, 9.17) is 23.2 Å². The number of aromatic amines is 1. The molecule has 2 N–H and O–H groups in total. The first kappa shape index (κ1) is 16.4. The van der Waals surface area contributed by atoms with Crippen molar-refractivity contribution in [3.05, 3.63) is 21.4 Å². The van der Waals surface area contributed by atoms with Crippen molar-refractivity contribution in [3.63, 3.8) is 0 Å². The number of halogens is 5. The Balaban J connectivity index is 1.59. The summed E-state index contributed by atoms with van der Waals surface area (Å²) in [4.78, 5) is 26.8. The zero-order valence-electron chi connectivity index (χ0n) is 11.8. The van der Waals surface area contributed by atoms with E-state index in [0.717, 1.165) is 4.90 Å². The van der Waals surface area contributed by atoms with Gasteiger partial charge >= 0.3 is 12.1 Å². The van der Waals surface area contributed by atoms with Gasteiger partial charge in [0.15, 0.2) is 0 Å². The molecular formula is C13H12Cl2F3N3O2. The Morgan fingerprint density at radius 2 is 1.78 bits per heavy atom. The Kier molecular flexibility index (Phi) is 3.79. The van der Waals surface area contributed by atoms with Gasteiger partial charge in [-0.1, -0.05) is 23.2 Å². The number of aromatic nitrogens is 1. The fourth-order valence-electron chi connectivity index (χ4n) is 3.04. The fourth-order valence-corrected chi connectivity index (χ4v) is 3.45. The van der Waals surface area contributed by atoms with Crippen molar-refractivity contribution in [3.8, 4) is 0 Å². The lowest BCUT2D eigenvalue weighted by Crippen LogP contribution is -2.43. The molecule has 5 nitrogen and oxygen atoms in total. The average molecular weight is 370 g/mol. The second-order valence-electron chi connectivity index (χ2n) is 5.79. The summed E-state index contributed by atoms with van der Waals surface area (Å²) in [6.45, 7) is 1.65. The summed E-state index contributed by atoms with van der Waals surface area (Å²) in [6, 6.07) is -0.252. The Morgan fingerprint density at radius 1 is 1.22 bits per heavy atom. The molecule has 10 heteroatoms. The lowest BCUT2D eigenvalue weighted by Gasteiger charge is -2.21. The number of hydrogen-bond donors (Lipinski definition) is 2. The van der Waals surface area contributed by atoms with Crippen LogP contribution in [0.4, 0.5) is 13.2 Å². The Hall–Kier alpha value is -1.41. The minimum absolute atomic E-state index is 0.00774. The van der Waals surface area contributed by atoms with E-state index in [2.05, 4.69) is 10.3 Å². The van der Waals surface area contributed by atoms with Crippen LogP contribution in [0.5, 0.6) is 0 Å². The molecule has 1 aromatic rings. The maximum absolute atomic E-state index is 12.4. The van der Waals surface area contributed by atoms with Gasteiger partial charge in [-0.05, 0) is 6.92 Å². The van der Waals surface area contributed by atoms with Crippen LogP contribution >= 0.6 is 23.2 Å². The van der Waals surface area contributed by atoms with E-state index in [1.165, 1.54) is 0 Å². The first-order valence-electron chi connectivity index (χ1n) is 6.81. The molecular weight excluding hydrogens is 358 g/mol. The molecule has 2 aliphatic rings. The van der Waals surface area contributed by atoms with Crippen LogP contribution in [-0.4, -0.2) is 47.0 Å². The van der Waals surface area contributed by atoms with Gasteiger partial charge in [0.05, 0.1) is 10.0 Å². The maximum atomic E-state index is 12.4. The van der Waals surface area contributed by atoms with E-state index in [0.29, 0.717) is 5.69 Å². The molecule has 0 spiro atoms. The Morgan fingerprint density at radius 3 is 2.22 bits per heavy atom. The Bertz CT molecular complexity index is 677. The predicted molar refractivity (Wildman–Crippen MR) is 76.4 cm³/mol. The number of likely N-dealkylation sites (tertiary alicyclic amines) is 1. The highest BCUT2D eigenvalue weighted by Crippen LogP contribution is 2.46. The van der Waals surface area contributed by atoms with Gasteiger partial charge in [-0.2, -0.15) is 13.2 Å². The molecule has 1 aliphatic carbocycles. The largest absolute Gasteiger partial charge is 0.471 e. The summed E-state index contributed by atoms with van der Waals surface area (Å²) in [7, 11) is 0. The van der Waals surface area contributed by atoms with E-state index in [-0.39, 0.29) is 46.7 Å². The molecule has 1 aliphatic heterocycles. The lowest BCUT2D eigenvalue weighted by molar-refractivity contribution is -0.184. The number of hydrogen-bond acceptors (Lipinski definition) is 2. The summed E-state index contributed by atoms with van der Waals surface area (Å²) in [5.41, 5.74) is 0.683. The molecule has 3 atom stereocenters. The third-order valence-electron chi connectivity index (χ3n) is 4.30. The smallest absolute Gasteiger partial charge is 0.352 e. The van der Waals surface area contributed by atoms with E-state index in [9.17, 15) is 22.8 Å². The number of carbonyl (C=O) groups excluding carboxylic acids is 2. The van der Waals surface area contributed by atoms with Crippen molar-refractivity contribution in [2.45, 2.75) is 19.1 Å². The molecule has 2 fully saturated rings. The molecule has 126 valence electrons. The maximum Gasteiger partial charge on any atom is 0.471 e. The summed E-state index contributed by atoms with van der Waals surface area (Å²) in [6.07, 6.45) is -4.86. The SMILES string of the molecule is Cc1[nH]c(C(=O)N[C@@H]2[C@@H]3CN(C(=O)C(F)(F)F)C[C@@H]32)c(Cl)c1Cl. The minimum Gasteiger partial charge on any atom is -0.352 e. The van der Waals surface area contributed by atoms with Gasteiger partial charge in [-0.3, -0.25) is 9.59 Å². The van der Waals surface area contributed by atoms with E-state index < -0.39 is 18.0 Å². The molecule has 0 unspecified atom stereocenters. The predicted octanol–water partition coefficient (Wildman–Crippen LogP) is 2.38. The topological polar surface area (TPSA) is 65.2 Å². The van der Waals surface area contributed by atoms with Gasteiger partial charge in [-0.25, -0.2) is 0 Å². The molecule has 0 radical (unpaired) electrons. The summed E-state index contributed by atoms with van der Waals surface area (Å²) in [5.74, 6) is -2.60. The van der Waals surface area contributed by atoms with E-state index >= 15 is 0 Å². The van der Waals surface area contributed by atoms with Crippen molar-refractivity contribution in [1.29, 1.82) is 0 Å². The quantitative estimate of drug-likeness (QED) is 0.840. The normalized spacial score (nSPS) is 26.2. The first-order chi connectivity index (χ1) is 10.6. The molecule has 2 amide bonds. The van der Waals surface area contributed by atoms with Crippen molar-refractivity contribution >= 4 is 35.0 Å². The number of fused-ring (bicyclic) bond motifs is 1. The van der Waals surface area contributed by atoms with Gasteiger partial charge in [0.25, 0.3) is 5.91 Å². The monoisotopic (exact) mass is 369 g/mol. The highest BCUT2D eigenvalue weighted by molar-refractivity contribution is 6.44.